The minimum Gasteiger partial charge on any atom is -0.507 e. The first-order valence-corrected chi connectivity index (χ1v) is 20.6. The Morgan fingerprint density at radius 1 is 0.448 bits per heavy atom. The van der Waals surface area contributed by atoms with Crippen LogP contribution in [0, 0.1) is 47.5 Å². The molecule has 302 valence electrons. The predicted molar refractivity (Wildman–Crippen MR) is 244 cm³/mol. The maximum atomic E-state index is 12.0. The lowest BCUT2D eigenvalue weighted by atomic mass is 9.81. The zero-order chi connectivity index (χ0) is 42.3. The molecule has 0 fully saturated rings. The van der Waals surface area contributed by atoms with Crippen LogP contribution in [0.15, 0.2) is 97.1 Å². The van der Waals surface area contributed by atoms with Gasteiger partial charge in [0.15, 0.2) is 0 Å². The fourth-order valence-corrected chi connectivity index (χ4v) is 8.28. The van der Waals surface area contributed by atoms with Gasteiger partial charge in [-0.15, -0.1) is 0 Å². The van der Waals surface area contributed by atoms with Crippen molar-refractivity contribution < 1.29 is 19.7 Å². The van der Waals surface area contributed by atoms with Gasteiger partial charge in [-0.1, -0.05) is 120 Å². The lowest BCUT2D eigenvalue weighted by molar-refractivity contribution is 0.189. The Morgan fingerprint density at radius 3 is 1.09 bits per heavy atom. The summed E-state index contributed by atoms with van der Waals surface area (Å²) in [7, 11) is 0. The summed E-state index contributed by atoms with van der Waals surface area (Å²) in [4.78, 5) is 0. The van der Waals surface area contributed by atoms with Crippen molar-refractivity contribution in [2.45, 2.75) is 101 Å². The Morgan fingerprint density at radius 2 is 0.759 bits per heavy atom. The predicted octanol–water partition coefficient (Wildman–Crippen LogP) is 14.3. The molecule has 0 saturated heterocycles. The lowest BCUT2D eigenvalue weighted by Gasteiger charge is -2.25. The molecule has 58 heavy (non-hydrogen) atoms. The summed E-state index contributed by atoms with van der Waals surface area (Å²) in [5, 5.41) is 24.1. The Labute approximate surface area is 347 Å². The van der Waals surface area contributed by atoms with Gasteiger partial charge in [-0.05, 0) is 133 Å². The second-order valence-electron chi connectivity index (χ2n) is 18.6. The molecule has 0 atom stereocenters. The normalized spacial score (nSPS) is 12.0. The number of aromatic hydroxyl groups is 2. The van der Waals surface area contributed by atoms with E-state index in [-0.39, 0.29) is 28.2 Å². The van der Waals surface area contributed by atoms with Gasteiger partial charge in [0, 0.05) is 39.3 Å². The molecule has 6 aromatic rings. The molecule has 6 rings (SSSR count). The van der Waals surface area contributed by atoms with Gasteiger partial charge in [0.1, 0.15) is 23.0 Å². The van der Waals surface area contributed by atoms with Crippen molar-refractivity contribution in [1.82, 2.24) is 0 Å². The number of benzene rings is 6. The van der Waals surface area contributed by atoms with E-state index in [1.807, 2.05) is 48.5 Å². The van der Waals surface area contributed by atoms with Crippen molar-refractivity contribution >= 4 is 0 Å². The Balaban J connectivity index is 1.29. The van der Waals surface area contributed by atoms with Crippen molar-refractivity contribution in [1.29, 1.82) is 0 Å². The average Bonchev–Trinajstić information content (AvgIpc) is 3.13. The second kappa shape index (κ2) is 16.4. The van der Waals surface area contributed by atoms with E-state index in [2.05, 4.69) is 139 Å². The van der Waals surface area contributed by atoms with E-state index in [1.165, 1.54) is 11.1 Å². The maximum absolute atomic E-state index is 12.0. The van der Waals surface area contributed by atoms with Crippen LogP contribution in [0.5, 0.6) is 23.0 Å². The number of rotatable bonds is 10. The molecule has 2 N–H and O–H groups in total. The first kappa shape index (κ1) is 42.1. The molecule has 0 radical (unpaired) electrons. The second-order valence-corrected chi connectivity index (χ2v) is 18.6. The third-order valence-corrected chi connectivity index (χ3v) is 11.2. The van der Waals surface area contributed by atoms with E-state index in [9.17, 15) is 10.2 Å². The molecule has 6 aromatic carbocycles. The van der Waals surface area contributed by atoms with Crippen LogP contribution in [0.1, 0.15) is 93.0 Å². The molecule has 0 aliphatic rings. The van der Waals surface area contributed by atoms with Crippen LogP contribution in [0.3, 0.4) is 0 Å². The third-order valence-electron chi connectivity index (χ3n) is 11.2. The standard InChI is InChI=1S/C54H62O4/c1-32-22-35(4)49(36(5)23-32)45-28-39(53(8,9)10)26-43(51(45)55)41-18-14-16-20-47(41)57-30-34(3)31-58-48-21-17-15-19-42(48)44-27-40(54(11,12)13)29-46(52(44)56)50-37(6)24-33(2)25-38(50)7/h14-29,34,55-56H,30-31H2,1-13H3. The van der Waals surface area contributed by atoms with Crippen LogP contribution in [0.25, 0.3) is 44.5 Å². The molecule has 0 aromatic heterocycles. The van der Waals surface area contributed by atoms with Gasteiger partial charge in [-0.25, -0.2) is 0 Å². The van der Waals surface area contributed by atoms with Gasteiger partial charge in [0.2, 0.25) is 0 Å². The Bertz CT molecular complexity index is 2250. The van der Waals surface area contributed by atoms with Crippen LogP contribution in [0.2, 0.25) is 0 Å². The van der Waals surface area contributed by atoms with Crippen molar-refractivity contribution in [3.05, 3.63) is 142 Å². The lowest BCUT2D eigenvalue weighted by Crippen LogP contribution is -2.17. The van der Waals surface area contributed by atoms with Gasteiger partial charge in [-0.2, -0.15) is 0 Å². The van der Waals surface area contributed by atoms with Gasteiger partial charge in [-0.3, -0.25) is 0 Å². The molecule has 0 saturated carbocycles. The molecule has 0 unspecified atom stereocenters. The van der Waals surface area contributed by atoms with E-state index < -0.39 is 0 Å². The minimum atomic E-state index is -0.146. The van der Waals surface area contributed by atoms with E-state index in [0.717, 1.165) is 77.9 Å². The monoisotopic (exact) mass is 774 g/mol. The van der Waals surface area contributed by atoms with Crippen LogP contribution < -0.4 is 9.47 Å². The van der Waals surface area contributed by atoms with Gasteiger partial charge < -0.3 is 19.7 Å². The zero-order valence-electron chi connectivity index (χ0n) is 36.9. The summed E-state index contributed by atoms with van der Waals surface area (Å²) in [5.41, 5.74) is 15.9. The van der Waals surface area contributed by atoms with Gasteiger partial charge in [0.25, 0.3) is 0 Å². The van der Waals surface area contributed by atoms with Crippen LogP contribution >= 0.6 is 0 Å². The SMILES string of the molecule is Cc1cc(C)c(-c2cc(C(C)(C)C)cc(-c3ccccc3OCC(C)COc3ccccc3-c3cc(C(C)(C)C)cc(-c4c(C)cc(C)cc4C)c3O)c2O)c(C)c1. The largest absolute Gasteiger partial charge is 0.507 e. The molecule has 0 amide bonds. The highest BCUT2D eigenvalue weighted by molar-refractivity contribution is 5.89. The summed E-state index contributed by atoms with van der Waals surface area (Å²) in [5.74, 6) is 1.94. The fourth-order valence-electron chi connectivity index (χ4n) is 8.28. The summed E-state index contributed by atoms with van der Waals surface area (Å²) < 4.78 is 13.2. The van der Waals surface area contributed by atoms with Crippen molar-refractivity contribution in [2.24, 2.45) is 5.92 Å². The topological polar surface area (TPSA) is 58.9 Å². The number of phenols is 2. The number of hydrogen-bond acceptors (Lipinski definition) is 4. The van der Waals surface area contributed by atoms with E-state index in [0.29, 0.717) is 24.7 Å². The maximum Gasteiger partial charge on any atom is 0.131 e. The molecule has 4 nitrogen and oxygen atoms in total. The average molecular weight is 775 g/mol. The smallest absolute Gasteiger partial charge is 0.131 e. The highest BCUT2D eigenvalue weighted by atomic mass is 16.5. The molecular weight excluding hydrogens is 713 g/mol. The molecular formula is C54H62O4. The van der Waals surface area contributed by atoms with E-state index in [1.54, 1.807) is 0 Å². The highest BCUT2D eigenvalue weighted by Crippen LogP contribution is 2.48. The molecule has 0 heterocycles. The molecule has 4 heteroatoms. The number of hydrogen-bond donors (Lipinski definition) is 2. The summed E-state index contributed by atoms with van der Waals surface area (Å²) in [6.07, 6.45) is 0. The number of aryl methyl sites for hydroxylation is 6. The first-order chi connectivity index (χ1) is 27.2. The summed E-state index contributed by atoms with van der Waals surface area (Å²) in [6, 6.07) is 33.2. The van der Waals surface area contributed by atoms with Gasteiger partial charge in [0.05, 0.1) is 13.2 Å². The third kappa shape index (κ3) is 8.82. The number of para-hydroxylation sites is 2. The van der Waals surface area contributed by atoms with Gasteiger partial charge >= 0.3 is 0 Å². The number of ether oxygens (including phenoxy) is 2. The van der Waals surface area contributed by atoms with E-state index in [4.69, 9.17) is 9.47 Å². The molecule has 0 spiro atoms. The fraction of sp³-hybridized carbons (Fsp3) is 0.333. The summed E-state index contributed by atoms with van der Waals surface area (Å²) >= 11 is 0. The minimum absolute atomic E-state index is 0.0203. The zero-order valence-corrected chi connectivity index (χ0v) is 36.9. The molecule has 0 aliphatic carbocycles. The van der Waals surface area contributed by atoms with Crippen LogP contribution in [-0.2, 0) is 10.8 Å². The Kier molecular flexibility index (Phi) is 11.9. The van der Waals surface area contributed by atoms with Crippen molar-refractivity contribution in [3.63, 3.8) is 0 Å². The first-order valence-electron chi connectivity index (χ1n) is 20.6. The van der Waals surface area contributed by atoms with Crippen molar-refractivity contribution in [2.75, 3.05) is 13.2 Å². The summed E-state index contributed by atoms with van der Waals surface area (Å²) in [6.45, 7) is 28.9. The molecule has 0 aliphatic heterocycles. The Hall–Kier alpha value is -5.48. The highest BCUT2D eigenvalue weighted by Gasteiger charge is 2.26. The quantitative estimate of drug-likeness (QED) is 0.146. The van der Waals surface area contributed by atoms with Crippen LogP contribution in [0.4, 0.5) is 0 Å². The van der Waals surface area contributed by atoms with Crippen molar-refractivity contribution in [3.8, 4) is 67.5 Å². The van der Waals surface area contributed by atoms with Crippen LogP contribution in [-0.4, -0.2) is 23.4 Å². The van der Waals surface area contributed by atoms with E-state index >= 15 is 0 Å². The number of phenolic OH excluding ortho intramolecular Hbond substituents is 2. The molecule has 0 bridgehead atoms.